The molecule has 0 radical (unpaired) electrons. The molecule has 0 atom stereocenters. The highest BCUT2D eigenvalue weighted by Gasteiger charge is 2.35. The summed E-state index contributed by atoms with van der Waals surface area (Å²) in [5.41, 5.74) is 1.98. The molecule has 152 valence electrons. The molecule has 3 amide bonds. The summed E-state index contributed by atoms with van der Waals surface area (Å²) >= 11 is 3.32. The van der Waals surface area contributed by atoms with Gasteiger partial charge in [-0.1, -0.05) is 33.6 Å². The number of benzene rings is 2. The van der Waals surface area contributed by atoms with Crippen LogP contribution in [0, 0.1) is 6.92 Å². The van der Waals surface area contributed by atoms with E-state index in [1.807, 2.05) is 31.2 Å². The lowest BCUT2D eigenvalue weighted by Crippen LogP contribution is -2.33. The van der Waals surface area contributed by atoms with Gasteiger partial charge in [0.25, 0.3) is 11.8 Å². The second kappa shape index (κ2) is 9.22. The van der Waals surface area contributed by atoms with Crippen LogP contribution in [0.5, 0.6) is 5.75 Å². The van der Waals surface area contributed by atoms with Crippen molar-refractivity contribution in [3.05, 3.63) is 63.6 Å². The van der Waals surface area contributed by atoms with E-state index < -0.39 is 0 Å². The second-order valence-corrected chi connectivity index (χ2v) is 7.95. The van der Waals surface area contributed by atoms with Crippen molar-refractivity contribution in [1.29, 1.82) is 0 Å². The number of halogens is 1. The molecule has 29 heavy (non-hydrogen) atoms. The number of aryl methyl sites for hydroxylation is 1. The van der Waals surface area contributed by atoms with E-state index in [4.69, 9.17) is 4.74 Å². The van der Waals surface area contributed by atoms with Crippen LogP contribution in [0.4, 0.5) is 0 Å². The first-order valence-corrected chi connectivity index (χ1v) is 10.3. The van der Waals surface area contributed by atoms with Crippen LogP contribution >= 0.6 is 15.9 Å². The Morgan fingerprint density at radius 1 is 1.07 bits per heavy atom. The van der Waals surface area contributed by atoms with Gasteiger partial charge in [-0.05, 0) is 43.7 Å². The molecule has 0 saturated heterocycles. The fraction of sp³-hybridized carbons (Fsp3) is 0.318. The smallest absolute Gasteiger partial charge is 0.261 e. The van der Waals surface area contributed by atoms with Gasteiger partial charge in [-0.2, -0.15) is 0 Å². The minimum Gasteiger partial charge on any atom is -0.492 e. The summed E-state index contributed by atoms with van der Waals surface area (Å²) in [5.74, 6) is 0.119. The molecule has 2 aromatic carbocycles. The third-order valence-electron chi connectivity index (χ3n) is 4.85. The number of amides is 3. The van der Waals surface area contributed by atoms with Crippen LogP contribution in [0.25, 0.3) is 0 Å². The molecule has 7 heteroatoms. The van der Waals surface area contributed by atoms with E-state index in [0.29, 0.717) is 30.7 Å². The third-order valence-corrected chi connectivity index (χ3v) is 5.34. The number of likely N-dealkylation sites (N-methyl/N-ethyl adjacent to an activating group) is 1. The number of imide groups is 1. The molecule has 0 fully saturated rings. The Bertz CT molecular complexity index is 927. The van der Waals surface area contributed by atoms with Crippen molar-refractivity contribution in [3.8, 4) is 5.75 Å². The summed E-state index contributed by atoms with van der Waals surface area (Å²) in [5, 5.41) is 0. The van der Waals surface area contributed by atoms with E-state index in [-0.39, 0.29) is 30.7 Å². The highest BCUT2D eigenvalue weighted by atomic mass is 79.9. The monoisotopic (exact) mass is 458 g/mol. The summed E-state index contributed by atoms with van der Waals surface area (Å²) in [4.78, 5) is 40.0. The topological polar surface area (TPSA) is 66.9 Å². The maximum Gasteiger partial charge on any atom is 0.261 e. The van der Waals surface area contributed by atoms with Crippen molar-refractivity contribution >= 4 is 33.7 Å². The van der Waals surface area contributed by atoms with Crippen molar-refractivity contribution in [2.75, 3.05) is 26.7 Å². The van der Waals surface area contributed by atoms with Gasteiger partial charge < -0.3 is 9.64 Å². The first-order chi connectivity index (χ1) is 13.9. The fourth-order valence-electron chi connectivity index (χ4n) is 3.10. The molecule has 0 N–H and O–H groups in total. The zero-order valence-corrected chi connectivity index (χ0v) is 18.1. The van der Waals surface area contributed by atoms with Crippen molar-refractivity contribution in [2.24, 2.45) is 0 Å². The summed E-state index contributed by atoms with van der Waals surface area (Å²) in [6.07, 6.45) is 0.687. The molecule has 0 aromatic heterocycles. The Morgan fingerprint density at radius 2 is 1.76 bits per heavy atom. The molecule has 0 unspecified atom stereocenters. The Balaban J connectivity index is 1.42. The Kier molecular flexibility index (Phi) is 6.69. The van der Waals surface area contributed by atoms with Gasteiger partial charge in [0, 0.05) is 24.5 Å². The number of hydrogen-bond acceptors (Lipinski definition) is 4. The highest BCUT2D eigenvalue weighted by Crippen LogP contribution is 2.26. The molecule has 0 saturated carbocycles. The fourth-order valence-corrected chi connectivity index (χ4v) is 3.47. The molecule has 2 aromatic rings. The van der Waals surface area contributed by atoms with E-state index in [0.717, 1.165) is 15.8 Å². The van der Waals surface area contributed by atoms with Crippen LogP contribution in [0.15, 0.2) is 46.9 Å². The van der Waals surface area contributed by atoms with Crippen LogP contribution in [0.1, 0.15) is 39.1 Å². The number of carbonyl (C=O) groups excluding carboxylic acids is 3. The molecule has 3 rings (SSSR count). The Hall–Kier alpha value is -2.67. The molecule has 6 nitrogen and oxygen atoms in total. The van der Waals surface area contributed by atoms with Gasteiger partial charge in [-0.3, -0.25) is 19.3 Å². The van der Waals surface area contributed by atoms with Gasteiger partial charge >= 0.3 is 0 Å². The largest absolute Gasteiger partial charge is 0.492 e. The van der Waals surface area contributed by atoms with Crippen LogP contribution in [0.2, 0.25) is 0 Å². The molecule has 0 bridgehead atoms. The molecular weight excluding hydrogens is 436 g/mol. The molecule has 1 aliphatic rings. The van der Waals surface area contributed by atoms with E-state index in [2.05, 4.69) is 15.9 Å². The van der Waals surface area contributed by atoms with Crippen molar-refractivity contribution in [2.45, 2.75) is 19.8 Å². The van der Waals surface area contributed by atoms with Gasteiger partial charge in [0.1, 0.15) is 12.4 Å². The van der Waals surface area contributed by atoms with E-state index >= 15 is 0 Å². The second-order valence-electron chi connectivity index (χ2n) is 7.03. The van der Waals surface area contributed by atoms with Crippen LogP contribution < -0.4 is 4.74 Å². The first kappa shape index (κ1) is 21.0. The predicted molar refractivity (Wildman–Crippen MR) is 113 cm³/mol. The van der Waals surface area contributed by atoms with Gasteiger partial charge in [-0.25, -0.2) is 0 Å². The van der Waals surface area contributed by atoms with Crippen LogP contribution in [0.3, 0.4) is 0 Å². The van der Waals surface area contributed by atoms with E-state index in [1.165, 1.54) is 4.90 Å². The number of ether oxygens (including phenoxy) is 1. The van der Waals surface area contributed by atoms with Crippen molar-refractivity contribution in [3.63, 3.8) is 0 Å². The molecule has 0 aliphatic carbocycles. The lowest BCUT2D eigenvalue weighted by molar-refractivity contribution is -0.130. The standard InChI is InChI=1S/C22H23BrN2O4/c1-15-5-8-17(9-6-15)29-13-12-24(2)20(26)4-3-11-25-21(27)18-10-7-16(23)14-19(18)22(25)28/h5-10,14H,3-4,11-13H2,1-2H3. The lowest BCUT2D eigenvalue weighted by Gasteiger charge is -2.19. The maximum atomic E-state index is 12.4. The number of fused-ring (bicyclic) bond motifs is 1. The zero-order chi connectivity index (χ0) is 21.0. The maximum absolute atomic E-state index is 12.4. The van der Waals surface area contributed by atoms with E-state index in [1.54, 1.807) is 30.1 Å². The summed E-state index contributed by atoms with van der Waals surface area (Å²) in [7, 11) is 1.72. The molecule has 0 spiro atoms. The summed E-state index contributed by atoms with van der Waals surface area (Å²) in [6, 6.07) is 12.8. The molecule has 1 heterocycles. The lowest BCUT2D eigenvalue weighted by atomic mass is 10.1. The SMILES string of the molecule is Cc1ccc(OCCN(C)C(=O)CCCN2C(=O)c3ccc(Br)cc3C2=O)cc1. The minimum absolute atomic E-state index is 0.0446. The van der Waals surface area contributed by atoms with Gasteiger partial charge in [0.2, 0.25) is 5.91 Å². The Labute approximate surface area is 178 Å². The van der Waals surface area contributed by atoms with Crippen molar-refractivity contribution in [1.82, 2.24) is 9.80 Å². The Morgan fingerprint density at radius 3 is 2.48 bits per heavy atom. The van der Waals surface area contributed by atoms with Gasteiger partial charge in [0.05, 0.1) is 17.7 Å². The summed E-state index contributed by atoms with van der Waals surface area (Å²) < 4.78 is 6.40. The first-order valence-electron chi connectivity index (χ1n) is 9.46. The van der Waals surface area contributed by atoms with Crippen LogP contribution in [-0.2, 0) is 4.79 Å². The average Bonchev–Trinajstić information content (AvgIpc) is 2.93. The highest BCUT2D eigenvalue weighted by molar-refractivity contribution is 9.10. The summed E-state index contributed by atoms with van der Waals surface area (Å²) in [6.45, 7) is 3.10. The quantitative estimate of drug-likeness (QED) is 0.565. The average molecular weight is 459 g/mol. The number of rotatable bonds is 8. The molecule has 1 aliphatic heterocycles. The normalized spacial score (nSPS) is 12.9. The zero-order valence-electron chi connectivity index (χ0n) is 16.5. The van der Waals surface area contributed by atoms with Gasteiger partial charge in [-0.15, -0.1) is 0 Å². The van der Waals surface area contributed by atoms with Gasteiger partial charge in [0.15, 0.2) is 0 Å². The minimum atomic E-state index is -0.307. The third kappa shape index (κ3) is 5.03. The number of nitrogens with zero attached hydrogens (tertiary/aromatic N) is 2. The molecular formula is C22H23BrN2O4. The number of hydrogen-bond donors (Lipinski definition) is 0. The van der Waals surface area contributed by atoms with E-state index in [9.17, 15) is 14.4 Å². The predicted octanol–water partition coefficient (Wildman–Crippen LogP) is 3.67. The number of carbonyl (C=O) groups is 3. The van der Waals surface area contributed by atoms with Crippen molar-refractivity contribution < 1.29 is 19.1 Å². The van der Waals surface area contributed by atoms with Crippen LogP contribution in [-0.4, -0.2) is 54.3 Å².